The molecular weight excluding hydrogens is 234 g/mol. The highest BCUT2D eigenvalue weighted by atomic mass is 15.5. The van der Waals surface area contributed by atoms with Gasteiger partial charge in [0.2, 0.25) is 0 Å². The van der Waals surface area contributed by atoms with Crippen molar-refractivity contribution in [2.75, 3.05) is 13.1 Å². The van der Waals surface area contributed by atoms with E-state index in [-0.39, 0.29) is 0 Å². The van der Waals surface area contributed by atoms with E-state index in [0.29, 0.717) is 24.2 Å². The first-order valence-corrected chi connectivity index (χ1v) is 8.36. The van der Waals surface area contributed by atoms with E-state index < -0.39 is 0 Å². The summed E-state index contributed by atoms with van der Waals surface area (Å²) in [5.74, 6) is 0. The lowest BCUT2D eigenvalue weighted by molar-refractivity contribution is 0.0267. The Bertz CT molecular complexity index is 257. The first kappa shape index (κ1) is 15.3. The molecule has 2 aliphatic rings. The van der Waals surface area contributed by atoms with Crippen molar-refractivity contribution in [2.45, 2.75) is 90.4 Å². The molecule has 1 N–H and O–H groups in total. The van der Waals surface area contributed by atoms with Gasteiger partial charge in [-0.25, -0.2) is 5.01 Å². The molecule has 2 fully saturated rings. The van der Waals surface area contributed by atoms with Crippen molar-refractivity contribution in [3.63, 3.8) is 0 Å². The van der Waals surface area contributed by atoms with Gasteiger partial charge in [-0.05, 0) is 72.9 Å². The summed E-state index contributed by atoms with van der Waals surface area (Å²) in [6, 6.07) is 2.79. The number of piperidine rings is 1. The van der Waals surface area contributed by atoms with Gasteiger partial charge in [-0.2, -0.15) is 0 Å². The largest absolute Gasteiger partial charge is 0.301 e. The molecule has 3 heteroatoms. The van der Waals surface area contributed by atoms with Crippen LogP contribution >= 0.6 is 0 Å². The third-order valence-corrected chi connectivity index (χ3v) is 5.02. The lowest BCUT2D eigenvalue weighted by Crippen LogP contribution is -2.55. The van der Waals surface area contributed by atoms with Crippen LogP contribution in [0.3, 0.4) is 0 Å². The summed E-state index contributed by atoms with van der Waals surface area (Å²) in [4.78, 5) is 2.63. The minimum atomic E-state index is 0.687. The molecule has 0 aromatic heterocycles. The van der Waals surface area contributed by atoms with E-state index in [0.717, 1.165) is 0 Å². The molecule has 2 aliphatic heterocycles. The summed E-state index contributed by atoms with van der Waals surface area (Å²) < 4.78 is 0. The van der Waals surface area contributed by atoms with Gasteiger partial charge in [-0.1, -0.05) is 6.42 Å². The lowest BCUT2D eigenvalue weighted by atomic mass is 9.99. The minimum Gasteiger partial charge on any atom is -0.301 e. The fraction of sp³-hybridized carbons (Fsp3) is 1.00. The van der Waals surface area contributed by atoms with E-state index in [4.69, 9.17) is 0 Å². The molecule has 112 valence electrons. The molecule has 2 rings (SSSR count). The molecule has 19 heavy (non-hydrogen) atoms. The van der Waals surface area contributed by atoms with Crippen LogP contribution in [0.15, 0.2) is 0 Å². The first-order chi connectivity index (χ1) is 9.08. The monoisotopic (exact) mass is 267 g/mol. The van der Waals surface area contributed by atoms with E-state index in [1.165, 1.54) is 51.6 Å². The van der Waals surface area contributed by atoms with Crippen molar-refractivity contribution in [1.82, 2.24) is 15.3 Å². The highest BCUT2D eigenvalue weighted by Gasteiger charge is 2.27. The second-order valence-corrected chi connectivity index (χ2v) is 6.92. The molecule has 0 amide bonds. The maximum atomic E-state index is 3.86. The normalized spacial score (nSPS) is 35.5. The maximum absolute atomic E-state index is 3.86. The van der Waals surface area contributed by atoms with Crippen molar-refractivity contribution in [3.05, 3.63) is 0 Å². The molecule has 0 aromatic carbocycles. The van der Waals surface area contributed by atoms with E-state index in [9.17, 15) is 0 Å². The number of rotatable bonds is 3. The summed E-state index contributed by atoms with van der Waals surface area (Å²) in [6.07, 6.45) is 8.07. The Morgan fingerprint density at radius 3 is 2.21 bits per heavy atom. The van der Waals surface area contributed by atoms with Crippen molar-refractivity contribution in [3.8, 4) is 0 Å². The van der Waals surface area contributed by atoms with Crippen LogP contribution in [0.4, 0.5) is 0 Å². The summed E-state index contributed by atoms with van der Waals surface area (Å²) in [5.41, 5.74) is 3.86. The summed E-state index contributed by atoms with van der Waals surface area (Å²) in [6.45, 7) is 11.9. The SMILES string of the molecule is CC(C)N1CCCC(NN2C(C)CCCC2C)CC1. The third-order valence-electron chi connectivity index (χ3n) is 5.02. The van der Waals surface area contributed by atoms with Gasteiger partial charge in [-0.15, -0.1) is 0 Å². The number of hydrazine groups is 1. The average molecular weight is 267 g/mol. The van der Waals surface area contributed by atoms with Gasteiger partial charge in [-0.3, -0.25) is 5.43 Å². The molecule has 0 radical (unpaired) electrons. The average Bonchev–Trinajstić information content (AvgIpc) is 2.59. The molecule has 3 unspecified atom stereocenters. The molecule has 0 spiro atoms. The predicted molar refractivity (Wildman–Crippen MR) is 82.1 cm³/mol. The number of nitrogens with one attached hydrogen (secondary N) is 1. The smallest absolute Gasteiger partial charge is 0.0228 e. The zero-order valence-corrected chi connectivity index (χ0v) is 13.4. The summed E-state index contributed by atoms with van der Waals surface area (Å²) >= 11 is 0. The highest BCUT2D eigenvalue weighted by molar-refractivity contribution is 4.81. The second kappa shape index (κ2) is 7.05. The first-order valence-electron chi connectivity index (χ1n) is 8.36. The molecule has 0 aliphatic carbocycles. The van der Waals surface area contributed by atoms with Crippen LogP contribution in [0.2, 0.25) is 0 Å². The zero-order valence-electron chi connectivity index (χ0n) is 13.4. The topological polar surface area (TPSA) is 18.5 Å². The highest BCUT2D eigenvalue weighted by Crippen LogP contribution is 2.22. The van der Waals surface area contributed by atoms with Crippen molar-refractivity contribution < 1.29 is 0 Å². The Balaban J connectivity index is 1.85. The number of nitrogens with zero attached hydrogens (tertiary/aromatic N) is 2. The molecule has 3 nitrogen and oxygen atoms in total. The molecule has 0 aromatic rings. The van der Waals surface area contributed by atoms with Crippen LogP contribution in [0, 0.1) is 0 Å². The van der Waals surface area contributed by atoms with Gasteiger partial charge in [0.15, 0.2) is 0 Å². The summed E-state index contributed by atoms with van der Waals surface area (Å²) in [5, 5.41) is 2.55. The van der Waals surface area contributed by atoms with E-state index >= 15 is 0 Å². The van der Waals surface area contributed by atoms with Gasteiger partial charge in [0.1, 0.15) is 0 Å². The fourth-order valence-corrected chi connectivity index (χ4v) is 3.65. The minimum absolute atomic E-state index is 0.687. The van der Waals surface area contributed by atoms with Crippen molar-refractivity contribution >= 4 is 0 Å². The van der Waals surface area contributed by atoms with E-state index in [1.54, 1.807) is 0 Å². The Morgan fingerprint density at radius 2 is 1.58 bits per heavy atom. The van der Waals surface area contributed by atoms with Crippen LogP contribution in [0.1, 0.15) is 66.2 Å². The molecule has 2 saturated heterocycles. The molecular formula is C16H33N3. The number of hydrogen-bond donors (Lipinski definition) is 1. The van der Waals surface area contributed by atoms with E-state index in [2.05, 4.69) is 43.0 Å². The molecule has 2 heterocycles. The van der Waals surface area contributed by atoms with Gasteiger partial charge in [0.05, 0.1) is 0 Å². The Hall–Kier alpha value is -0.120. The number of hydrogen-bond acceptors (Lipinski definition) is 3. The van der Waals surface area contributed by atoms with Gasteiger partial charge < -0.3 is 4.90 Å². The Labute approximate surface area is 119 Å². The standard InChI is InChI=1S/C16H33N3/c1-13(2)18-11-6-9-16(10-12-18)17-19-14(3)7-5-8-15(19)4/h13-17H,5-12H2,1-4H3. The predicted octanol–water partition coefficient (Wildman–Crippen LogP) is 3.02. The second-order valence-electron chi connectivity index (χ2n) is 6.92. The van der Waals surface area contributed by atoms with Crippen LogP contribution in [0.5, 0.6) is 0 Å². The molecule has 0 saturated carbocycles. The van der Waals surface area contributed by atoms with Gasteiger partial charge >= 0.3 is 0 Å². The van der Waals surface area contributed by atoms with Crippen LogP contribution in [-0.2, 0) is 0 Å². The van der Waals surface area contributed by atoms with Crippen LogP contribution in [0.25, 0.3) is 0 Å². The zero-order chi connectivity index (χ0) is 13.8. The Kier molecular flexibility index (Phi) is 5.67. The van der Waals surface area contributed by atoms with Crippen LogP contribution in [-0.4, -0.2) is 47.2 Å². The van der Waals surface area contributed by atoms with Crippen molar-refractivity contribution in [1.29, 1.82) is 0 Å². The van der Waals surface area contributed by atoms with Gasteiger partial charge in [0.25, 0.3) is 0 Å². The van der Waals surface area contributed by atoms with E-state index in [1.807, 2.05) is 0 Å². The van der Waals surface area contributed by atoms with Gasteiger partial charge in [0, 0.05) is 24.2 Å². The fourth-order valence-electron chi connectivity index (χ4n) is 3.65. The quantitative estimate of drug-likeness (QED) is 0.848. The molecule has 0 bridgehead atoms. The summed E-state index contributed by atoms with van der Waals surface area (Å²) in [7, 11) is 0. The van der Waals surface area contributed by atoms with Crippen molar-refractivity contribution in [2.24, 2.45) is 0 Å². The number of likely N-dealkylation sites (tertiary alicyclic amines) is 1. The van der Waals surface area contributed by atoms with Crippen LogP contribution < -0.4 is 5.43 Å². The molecule has 3 atom stereocenters. The maximum Gasteiger partial charge on any atom is 0.0228 e. The third kappa shape index (κ3) is 4.17. The Morgan fingerprint density at radius 1 is 0.895 bits per heavy atom. The lowest BCUT2D eigenvalue weighted by Gasteiger charge is -2.41.